The first-order chi connectivity index (χ1) is 10.3. The van der Waals surface area contributed by atoms with Crippen molar-refractivity contribution in [2.75, 3.05) is 19.1 Å². The van der Waals surface area contributed by atoms with Crippen molar-refractivity contribution in [1.29, 1.82) is 0 Å². The molecule has 4 nitrogen and oxygen atoms in total. The minimum atomic E-state index is -0.180. The number of ether oxygens (including phenoxy) is 1. The molecular formula is C17H16N2O2. The summed E-state index contributed by atoms with van der Waals surface area (Å²) in [6.45, 7) is 0. The quantitative estimate of drug-likeness (QED) is 0.866. The molecule has 1 N–H and O–H groups in total. The Labute approximate surface area is 123 Å². The van der Waals surface area contributed by atoms with E-state index < -0.39 is 0 Å². The highest BCUT2D eigenvalue weighted by Gasteiger charge is 2.25. The van der Waals surface area contributed by atoms with Gasteiger partial charge in [0.05, 0.1) is 18.5 Å². The lowest BCUT2D eigenvalue weighted by molar-refractivity contribution is 0.250. The molecule has 0 saturated carbocycles. The number of fused-ring (bicyclic) bond motifs is 2. The van der Waals surface area contributed by atoms with Crippen LogP contribution in [0.1, 0.15) is 11.1 Å². The molecule has 1 aliphatic rings. The number of amides is 2. The van der Waals surface area contributed by atoms with E-state index in [2.05, 4.69) is 5.32 Å². The molecule has 0 unspecified atom stereocenters. The topological polar surface area (TPSA) is 41.6 Å². The Bertz CT molecular complexity index is 722. The van der Waals surface area contributed by atoms with Crippen LogP contribution < -0.4 is 10.2 Å². The van der Waals surface area contributed by atoms with Crippen molar-refractivity contribution in [2.45, 2.75) is 0 Å². The van der Waals surface area contributed by atoms with Gasteiger partial charge in [-0.3, -0.25) is 4.90 Å². The second kappa shape index (κ2) is 5.32. The lowest BCUT2D eigenvalue weighted by atomic mass is 10.1. The third-order valence-corrected chi connectivity index (χ3v) is 3.51. The molecule has 0 fully saturated rings. The third-order valence-electron chi connectivity index (χ3n) is 3.51. The molecule has 0 bridgehead atoms. The van der Waals surface area contributed by atoms with Crippen LogP contribution in [0.4, 0.5) is 16.2 Å². The second-order valence-electron chi connectivity index (χ2n) is 4.68. The molecule has 0 aliphatic carbocycles. The predicted octanol–water partition coefficient (Wildman–Crippen LogP) is 3.62. The number of methoxy groups -OCH3 is 1. The zero-order chi connectivity index (χ0) is 14.8. The van der Waals surface area contributed by atoms with Crippen LogP contribution in [0.5, 0.6) is 0 Å². The van der Waals surface area contributed by atoms with Gasteiger partial charge >= 0.3 is 6.03 Å². The summed E-state index contributed by atoms with van der Waals surface area (Å²) in [7, 11) is 3.27. The van der Waals surface area contributed by atoms with Crippen LogP contribution >= 0.6 is 0 Å². The van der Waals surface area contributed by atoms with E-state index in [1.54, 1.807) is 19.1 Å². The molecule has 2 aromatic carbocycles. The number of nitrogens with zero attached hydrogens (tertiary/aromatic N) is 1. The van der Waals surface area contributed by atoms with Crippen molar-refractivity contribution in [3.63, 3.8) is 0 Å². The summed E-state index contributed by atoms with van der Waals surface area (Å²) in [6, 6.07) is 15.3. The van der Waals surface area contributed by atoms with E-state index in [1.165, 1.54) is 0 Å². The van der Waals surface area contributed by atoms with Gasteiger partial charge in [0.25, 0.3) is 0 Å². The zero-order valence-corrected chi connectivity index (χ0v) is 12.0. The molecule has 0 aromatic heterocycles. The van der Waals surface area contributed by atoms with Gasteiger partial charge in [0, 0.05) is 18.2 Å². The SMILES string of the molecule is CNC(=O)N1c2ccccc2C=C(OC)c2ccccc21. The van der Waals surface area contributed by atoms with Crippen LogP contribution in [0.25, 0.3) is 11.8 Å². The van der Waals surface area contributed by atoms with Crippen molar-refractivity contribution >= 4 is 29.2 Å². The van der Waals surface area contributed by atoms with Gasteiger partial charge in [0.2, 0.25) is 0 Å². The van der Waals surface area contributed by atoms with E-state index in [-0.39, 0.29) is 6.03 Å². The molecule has 106 valence electrons. The first-order valence-corrected chi connectivity index (χ1v) is 6.72. The highest BCUT2D eigenvalue weighted by Crippen LogP contribution is 2.39. The summed E-state index contributed by atoms with van der Waals surface area (Å²) in [5.41, 5.74) is 3.46. The fourth-order valence-electron chi connectivity index (χ4n) is 2.54. The predicted molar refractivity (Wildman–Crippen MR) is 84.4 cm³/mol. The van der Waals surface area contributed by atoms with Crippen LogP contribution in [-0.2, 0) is 4.74 Å². The maximum atomic E-state index is 12.4. The standard InChI is InChI=1S/C17H16N2O2/c1-18-17(20)19-14-9-5-3-7-12(14)11-16(21-2)13-8-4-6-10-15(13)19/h3-11H,1-2H3,(H,18,20). The number of hydrogen-bond donors (Lipinski definition) is 1. The summed E-state index contributed by atoms with van der Waals surface area (Å²) >= 11 is 0. The largest absolute Gasteiger partial charge is 0.496 e. The van der Waals surface area contributed by atoms with Crippen molar-refractivity contribution in [3.05, 3.63) is 59.7 Å². The van der Waals surface area contributed by atoms with E-state index in [1.807, 2.05) is 54.6 Å². The molecule has 0 radical (unpaired) electrons. The van der Waals surface area contributed by atoms with Gasteiger partial charge in [-0.2, -0.15) is 0 Å². The fourth-order valence-corrected chi connectivity index (χ4v) is 2.54. The van der Waals surface area contributed by atoms with Gasteiger partial charge in [-0.15, -0.1) is 0 Å². The summed E-state index contributed by atoms with van der Waals surface area (Å²) in [6.07, 6.45) is 1.96. The minimum absolute atomic E-state index is 0.180. The summed E-state index contributed by atoms with van der Waals surface area (Å²) < 4.78 is 5.52. The molecule has 1 aliphatic heterocycles. The van der Waals surface area contributed by atoms with Crippen molar-refractivity contribution in [1.82, 2.24) is 5.32 Å². The van der Waals surface area contributed by atoms with E-state index in [0.29, 0.717) is 0 Å². The molecular weight excluding hydrogens is 264 g/mol. The van der Waals surface area contributed by atoms with Gasteiger partial charge < -0.3 is 10.1 Å². The smallest absolute Gasteiger partial charge is 0.326 e. The molecule has 0 spiro atoms. The van der Waals surface area contributed by atoms with E-state index in [4.69, 9.17) is 4.74 Å². The van der Waals surface area contributed by atoms with Gasteiger partial charge in [-0.05, 0) is 24.3 Å². The summed E-state index contributed by atoms with van der Waals surface area (Å²) in [5.74, 6) is 0.740. The molecule has 21 heavy (non-hydrogen) atoms. The Morgan fingerprint density at radius 3 is 2.43 bits per heavy atom. The normalized spacial score (nSPS) is 12.7. The van der Waals surface area contributed by atoms with Gasteiger partial charge in [0.15, 0.2) is 0 Å². The number of anilines is 2. The van der Waals surface area contributed by atoms with Crippen molar-refractivity contribution in [3.8, 4) is 0 Å². The number of carbonyl (C=O) groups is 1. The molecule has 1 heterocycles. The third kappa shape index (κ3) is 2.14. The van der Waals surface area contributed by atoms with Crippen molar-refractivity contribution < 1.29 is 9.53 Å². The summed E-state index contributed by atoms with van der Waals surface area (Å²) in [5, 5.41) is 2.70. The van der Waals surface area contributed by atoms with Crippen molar-refractivity contribution in [2.24, 2.45) is 0 Å². The Morgan fingerprint density at radius 2 is 1.71 bits per heavy atom. The first-order valence-electron chi connectivity index (χ1n) is 6.72. The van der Waals surface area contributed by atoms with Crippen LogP contribution in [-0.4, -0.2) is 20.2 Å². The maximum absolute atomic E-state index is 12.4. The Morgan fingerprint density at radius 1 is 1.05 bits per heavy atom. The average Bonchev–Trinajstić information content (AvgIpc) is 2.68. The fraction of sp³-hybridized carbons (Fsp3) is 0.118. The van der Waals surface area contributed by atoms with E-state index in [9.17, 15) is 4.79 Å². The molecule has 2 amide bonds. The average molecular weight is 280 g/mol. The number of benzene rings is 2. The van der Waals surface area contributed by atoms with E-state index in [0.717, 1.165) is 28.3 Å². The number of urea groups is 1. The minimum Gasteiger partial charge on any atom is -0.496 e. The Hall–Kier alpha value is -2.75. The van der Waals surface area contributed by atoms with Crippen LogP contribution in [0.2, 0.25) is 0 Å². The zero-order valence-electron chi connectivity index (χ0n) is 12.0. The number of rotatable bonds is 1. The first kappa shape index (κ1) is 13.2. The lowest BCUT2D eigenvalue weighted by Crippen LogP contribution is -2.35. The summed E-state index contributed by atoms with van der Waals surface area (Å²) in [4.78, 5) is 14.1. The molecule has 3 rings (SSSR count). The number of hydrogen-bond acceptors (Lipinski definition) is 2. The van der Waals surface area contributed by atoms with Crippen LogP contribution in [0.3, 0.4) is 0 Å². The highest BCUT2D eigenvalue weighted by atomic mass is 16.5. The van der Waals surface area contributed by atoms with Gasteiger partial charge in [-0.25, -0.2) is 4.79 Å². The van der Waals surface area contributed by atoms with Gasteiger partial charge in [-0.1, -0.05) is 30.3 Å². The maximum Gasteiger partial charge on any atom is 0.326 e. The molecule has 0 atom stereocenters. The molecule has 2 aromatic rings. The van der Waals surface area contributed by atoms with Gasteiger partial charge in [0.1, 0.15) is 5.76 Å². The number of nitrogens with one attached hydrogen (secondary N) is 1. The molecule has 4 heteroatoms. The van der Waals surface area contributed by atoms with Crippen LogP contribution in [0, 0.1) is 0 Å². The monoisotopic (exact) mass is 280 g/mol. The van der Waals surface area contributed by atoms with Crippen LogP contribution in [0.15, 0.2) is 48.5 Å². The molecule has 0 saturated heterocycles. The highest BCUT2D eigenvalue weighted by molar-refractivity contribution is 6.06. The number of carbonyl (C=O) groups excluding carboxylic acids is 1. The second-order valence-corrected chi connectivity index (χ2v) is 4.68. The lowest BCUT2D eigenvalue weighted by Gasteiger charge is -2.24. The Balaban J connectivity index is 2.32. The Kier molecular flexibility index (Phi) is 3.36. The van der Waals surface area contributed by atoms with E-state index >= 15 is 0 Å². The number of para-hydroxylation sites is 2.